The number of hydrogen-bond acceptors (Lipinski definition) is 3. The summed E-state index contributed by atoms with van der Waals surface area (Å²) in [5.74, 6) is -1.76. The van der Waals surface area contributed by atoms with E-state index in [9.17, 15) is 19.5 Å². The molecule has 6 nitrogen and oxygen atoms in total. The summed E-state index contributed by atoms with van der Waals surface area (Å²) in [4.78, 5) is 38.8. The Kier molecular flexibility index (Phi) is 5.26. The van der Waals surface area contributed by atoms with Gasteiger partial charge in [0.25, 0.3) is 11.8 Å². The molecule has 140 valence electrons. The van der Waals surface area contributed by atoms with Crippen molar-refractivity contribution >= 4 is 23.5 Å². The second-order valence-corrected chi connectivity index (χ2v) is 7.06. The predicted molar refractivity (Wildman–Crippen MR) is 102 cm³/mol. The van der Waals surface area contributed by atoms with Gasteiger partial charge < -0.3 is 15.3 Å². The average Bonchev–Trinajstić information content (AvgIpc) is 2.98. The number of hydrogen-bond donors (Lipinski definition) is 2. The number of amides is 2. The van der Waals surface area contributed by atoms with Crippen molar-refractivity contribution in [1.82, 2.24) is 5.32 Å². The Labute approximate surface area is 157 Å². The molecule has 0 aliphatic carbocycles. The highest BCUT2D eigenvalue weighted by Crippen LogP contribution is 2.30. The smallest absolute Gasteiger partial charge is 0.326 e. The van der Waals surface area contributed by atoms with E-state index in [2.05, 4.69) is 5.32 Å². The molecule has 0 bridgehead atoms. The zero-order valence-electron chi connectivity index (χ0n) is 15.3. The minimum absolute atomic E-state index is 0.114. The molecule has 27 heavy (non-hydrogen) atoms. The second kappa shape index (κ2) is 7.61. The Hall–Kier alpha value is -3.15. The Morgan fingerprint density at radius 3 is 2.44 bits per heavy atom. The lowest BCUT2D eigenvalue weighted by Crippen LogP contribution is -2.42. The van der Waals surface area contributed by atoms with E-state index in [1.54, 1.807) is 17.0 Å². The summed E-state index contributed by atoms with van der Waals surface area (Å²) >= 11 is 0. The first-order valence-corrected chi connectivity index (χ1v) is 8.91. The number of carboxylic acid groups (broad SMARTS) is 1. The molecule has 0 radical (unpaired) electrons. The van der Waals surface area contributed by atoms with Gasteiger partial charge in [-0.2, -0.15) is 0 Å². The quantitative estimate of drug-likeness (QED) is 0.823. The molecule has 2 aromatic rings. The molecule has 3 rings (SSSR count). The van der Waals surface area contributed by atoms with E-state index < -0.39 is 17.9 Å². The van der Waals surface area contributed by atoms with Crippen LogP contribution >= 0.6 is 0 Å². The molecule has 0 aromatic heterocycles. The van der Waals surface area contributed by atoms with Crippen LogP contribution in [-0.2, 0) is 11.3 Å². The summed E-state index contributed by atoms with van der Waals surface area (Å²) in [6.07, 6.45) is 0.320. The molecular weight excluding hydrogens is 344 g/mol. The fraction of sp³-hybridized carbons (Fsp3) is 0.286. The first-order valence-electron chi connectivity index (χ1n) is 8.91. The fourth-order valence-corrected chi connectivity index (χ4v) is 3.30. The van der Waals surface area contributed by atoms with Crippen LogP contribution in [0, 0.1) is 5.92 Å². The largest absolute Gasteiger partial charge is 0.480 e. The number of carbonyl (C=O) groups excluding carboxylic acids is 2. The van der Waals surface area contributed by atoms with Gasteiger partial charge in [-0.3, -0.25) is 9.59 Å². The third kappa shape index (κ3) is 3.84. The highest BCUT2D eigenvalue weighted by molar-refractivity contribution is 6.16. The molecule has 1 aliphatic rings. The molecular formula is C21H22N2O4. The summed E-state index contributed by atoms with van der Waals surface area (Å²) in [6.45, 7) is 4.17. The van der Waals surface area contributed by atoms with Crippen LogP contribution in [0.3, 0.4) is 0 Å². The number of carbonyl (C=O) groups is 3. The summed E-state index contributed by atoms with van der Waals surface area (Å²) in [5, 5.41) is 11.9. The van der Waals surface area contributed by atoms with Crippen LogP contribution < -0.4 is 10.2 Å². The third-order valence-corrected chi connectivity index (χ3v) is 4.56. The van der Waals surface area contributed by atoms with Gasteiger partial charge in [-0.1, -0.05) is 44.2 Å². The van der Waals surface area contributed by atoms with Gasteiger partial charge in [-0.25, -0.2) is 4.79 Å². The van der Waals surface area contributed by atoms with E-state index >= 15 is 0 Å². The van der Waals surface area contributed by atoms with E-state index in [1.807, 2.05) is 50.2 Å². The number of carboxylic acids is 1. The number of para-hydroxylation sites is 1. The SMILES string of the molecule is CC(C)C[C@H](NC(=O)c1cccc2c1C(=O)N(c1ccccc1)C2)C(=O)O. The van der Waals surface area contributed by atoms with Crippen molar-refractivity contribution in [2.75, 3.05) is 4.90 Å². The number of nitrogens with zero attached hydrogens (tertiary/aromatic N) is 1. The monoisotopic (exact) mass is 366 g/mol. The van der Waals surface area contributed by atoms with Crippen LogP contribution in [-0.4, -0.2) is 28.9 Å². The van der Waals surface area contributed by atoms with Crippen LogP contribution in [0.5, 0.6) is 0 Å². The van der Waals surface area contributed by atoms with Crippen LogP contribution in [0.15, 0.2) is 48.5 Å². The second-order valence-electron chi connectivity index (χ2n) is 7.06. The number of anilines is 1. The molecule has 0 unspecified atom stereocenters. The van der Waals surface area contributed by atoms with Crippen LogP contribution in [0.4, 0.5) is 5.69 Å². The molecule has 1 aliphatic heterocycles. The zero-order chi connectivity index (χ0) is 19.6. The minimum Gasteiger partial charge on any atom is -0.480 e. The van der Waals surface area contributed by atoms with Gasteiger partial charge in [0.2, 0.25) is 0 Å². The van der Waals surface area contributed by atoms with Crippen molar-refractivity contribution in [2.45, 2.75) is 32.9 Å². The van der Waals surface area contributed by atoms with Gasteiger partial charge in [0, 0.05) is 5.69 Å². The lowest BCUT2D eigenvalue weighted by molar-refractivity contribution is -0.139. The number of aliphatic carboxylic acids is 1. The Morgan fingerprint density at radius 2 is 1.81 bits per heavy atom. The van der Waals surface area contributed by atoms with Crippen molar-refractivity contribution in [3.8, 4) is 0 Å². The minimum atomic E-state index is -1.08. The molecule has 0 spiro atoms. The van der Waals surface area contributed by atoms with Crippen molar-refractivity contribution in [2.24, 2.45) is 5.92 Å². The molecule has 2 aromatic carbocycles. The zero-order valence-corrected chi connectivity index (χ0v) is 15.3. The lowest BCUT2D eigenvalue weighted by atomic mass is 10.0. The van der Waals surface area contributed by atoms with Gasteiger partial charge in [0.15, 0.2) is 0 Å². The van der Waals surface area contributed by atoms with Gasteiger partial charge >= 0.3 is 5.97 Å². The van der Waals surface area contributed by atoms with Gasteiger partial charge in [-0.05, 0) is 36.1 Å². The topological polar surface area (TPSA) is 86.7 Å². The number of rotatable bonds is 6. The summed E-state index contributed by atoms with van der Waals surface area (Å²) in [5.41, 5.74) is 2.07. The molecule has 1 heterocycles. The van der Waals surface area contributed by atoms with E-state index in [0.717, 1.165) is 11.3 Å². The maximum absolute atomic E-state index is 12.9. The van der Waals surface area contributed by atoms with E-state index in [4.69, 9.17) is 0 Å². The number of nitrogens with one attached hydrogen (secondary N) is 1. The van der Waals surface area contributed by atoms with E-state index in [0.29, 0.717) is 18.5 Å². The third-order valence-electron chi connectivity index (χ3n) is 4.56. The van der Waals surface area contributed by atoms with Crippen molar-refractivity contribution < 1.29 is 19.5 Å². The number of benzene rings is 2. The highest BCUT2D eigenvalue weighted by atomic mass is 16.4. The lowest BCUT2D eigenvalue weighted by Gasteiger charge is -2.18. The molecule has 2 N–H and O–H groups in total. The molecule has 0 saturated heterocycles. The predicted octanol–water partition coefficient (Wildman–Crippen LogP) is 3.08. The maximum Gasteiger partial charge on any atom is 0.326 e. The summed E-state index contributed by atoms with van der Waals surface area (Å²) in [6, 6.07) is 13.4. The van der Waals surface area contributed by atoms with Crippen molar-refractivity contribution in [1.29, 1.82) is 0 Å². The molecule has 6 heteroatoms. The molecule has 2 amide bonds. The first-order chi connectivity index (χ1) is 12.9. The molecule has 0 fully saturated rings. The Morgan fingerprint density at radius 1 is 1.11 bits per heavy atom. The Balaban J connectivity index is 1.88. The van der Waals surface area contributed by atoms with Crippen molar-refractivity contribution in [3.63, 3.8) is 0 Å². The van der Waals surface area contributed by atoms with Crippen LogP contribution in [0.1, 0.15) is 46.5 Å². The van der Waals surface area contributed by atoms with E-state index in [-0.39, 0.29) is 17.4 Å². The van der Waals surface area contributed by atoms with Crippen LogP contribution in [0.2, 0.25) is 0 Å². The molecule has 0 saturated carbocycles. The number of fused-ring (bicyclic) bond motifs is 1. The van der Waals surface area contributed by atoms with Crippen molar-refractivity contribution in [3.05, 3.63) is 65.2 Å². The maximum atomic E-state index is 12.9. The Bertz CT molecular complexity index is 877. The van der Waals surface area contributed by atoms with Crippen LogP contribution in [0.25, 0.3) is 0 Å². The average molecular weight is 366 g/mol. The standard InChI is InChI=1S/C21H22N2O4/c1-13(2)11-17(21(26)27)22-19(24)16-10-6-7-14-12-23(20(25)18(14)16)15-8-4-3-5-9-15/h3-10,13,17H,11-12H2,1-2H3,(H,22,24)(H,26,27)/t17-/m0/s1. The fourth-order valence-electron chi connectivity index (χ4n) is 3.30. The first kappa shape index (κ1) is 18.6. The molecule has 1 atom stereocenters. The summed E-state index contributed by atoms with van der Waals surface area (Å²) < 4.78 is 0. The van der Waals surface area contributed by atoms with E-state index in [1.165, 1.54) is 0 Å². The van der Waals surface area contributed by atoms with Gasteiger partial charge in [0.05, 0.1) is 17.7 Å². The normalized spacial score (nSPS) is 14.2. The van der Waals surface area contributed by atoms with Gasteiger partial charge in [0.1, 0.15) is 6.04 Å². The highest BCUT2D eigenvalue weighted by Gasteiger charge is 2.33. The summed E-state index contributed by atoms with van der Waals surface area (Å²) in [7, 11) is 0. The van der Waals surface area contributed by atoms with Gasteiger partial charge in [-0.15, -0.1) is 0 Å².